The Morgan fingerprint density at radius 1 is 1.25 bits per heavy atom. The van der Waals surface area contributed by atoms with Gasteiger partial charge in [-0.1, -0.05) is 0 Å². The number of hydrogen-bond acceptors (Lipinski definition) is 8. The summed E-state index contributed by atoms with van der Waals surface area (Å²) in [7, 11) is 0. The van der Waals surface area contributed by atoms with E-state index in [1.54, 1.807) is 30.0 Å². The van der Waals surface area contributed by atoms with Crippen LogP contribution in [0.2, 0.25) is 0 Å². The van der Waals surface area contributed by atoms with Crippen molar-refractivity contribution >= 4 is 56.8 Å². The maximum absolute atomic E-state index is 12.5. The number of thioether (sulfide) groups is 2. The van der Waals surface area contributed by atoms with E-state index in [4.69, 9.17) is 9.47 Å². The molecular formula is C18H13NO6S3. The van der Waals surface area contributed by atoms with Crippen molar-refractivity contribution in [2.75, 3.05) is 18.3 Å². The second-order valence-corrected chi connectivity index (χ2v) is 9.94. The molecule has 3 aliphatic rings. The number of rotatable bonds is 4. The third-order valence-corrected chi connectivity index (χ3v) is 8.38. The molecule has 1 N–H and O–H groups in total. The van der Waals surface area contributed by atoms with Gasteiger partial charge in [0.05, 0.1) is 16.0 Å². The van der Waals surface area contributed by atoms with E-state index in [2.05, 4.69) is 0 Å². The van der Waals surface area contributed by atoms with Crippen molar-refractivity contribution in [2.45, 2.75) is 16.0 Å². The fourth-order valence-corrected chi connectivity index (χ4v) is 6.98. The lowest BCUT2D eigenvalue weighted by Gasteiger charge is -2.44. The summed E-state index contributed by atoms with van der Waals surface area (Å²) < 4.78 is 12.3. The highest BCUT2D eigenvalue weighted by Crippen LogP contribution is 2.42. The van der Waals surface area contributed by atoms with Crippen LogP contribution in [0.1, 0.15) is 6.42 Å². The molecular weight excluding hydrogens is 422 g/mol. The van der Waals surface area contributed by atoms with Gasteiger partial charge in [-0.3, -0.25) is 14.5 Å². The van der Waals surface area contributed by atoms with Gasteiger partial charge in [-0.15, -0.1) is 34.9 Å². The fraction of sp³-hybridized carbons (Fsp3) is 0.278. The summed E-state index contributed by atoms with van der Waals surface area (Å²) in [5.74, 6) is 0.951. The Kier molecular flexibility index (Phi) is 4.29. The van der Waals surface area contributed by atoms with Gasteiger partial charge in [0.2, 0.25) is 12.7 Å². The summed E-state index contributed by atoms with van der Waals surface area (Å²) in [4.78, 5) is 37.4. The Balaban J connectivity index is 1.45. The molecule has 0 unspecified atom stereocenters. The van der Waals surface area contributed by atoms with Crippen LogP contribution in [0.4, 0.5) is 0 Å². The molecule has 0 aliphatic carbocycles. The molecule has 28 heavy (non-hydrogen) atoms. The molecule has 2 aromatic rings. The average Bonchev–Trinajstić information content (AvgIpc) is 3.11. The van der Waals surface area contributed by atoms with Crippen molar-refractivity contribution in [3.63, 3.8) is 0 Å². The quantitative estimate of drug-likeness (QED) is 0.579. The zero-order chi connectivity index (χ0) is 19.4. The number of fused-ring (bicyclic) bond motifs is 3. The Hall–Kier alpha value is -2.17. The summed E-state index contributed by atoms with van der Waals surface area (Å²) in [5.41, 5.74) is 0.694. The standard InChI is InChI=1S/C18H13NO6S3/c20-10-2-16(28-13-3-12-11(1-9(10)13)24-7-25-12)27-6-8-5-26-15-4-14(21)19(15)17(8)18(22)23/h1-3,15H,4-7H2,(H,22,23)/t15-/m0/s1. The van der Waals surface area contributed by atoms with Crippen LogP contribution in [0, 0.1) is 0 Å². The lowest BCUT2D eigenvalue weighted by molar-refractivity contribution is -0.146. The van der Waals surface area contributed by atoms with Crippen molar-refractivity contribution in [2.24, 2.45) is 0 Å². The number of carbonyl (C=O) groups excluding carboxylic acids is 1. The Bertz CT molecular complexity index is 1120. The van der Waals surface area contributed by atoms with Gasteiger partial charge in [-0.25, -0.2) is 4.79 Å². The number of nitrogens with zero attached hydrogens (tertiary/aromatic N) is 1. The number of ether oxygens (including phenoxy) is 2. The minimum Gasteiger partial charge on any atom is -0.477 e. The van der Waals surface area contributed by atoms with Gasteiger partial charge < -0.3 is 14.6 Å². The largest absolute Gasteiger partial charge is 0.477 e. The molecule has 1 saturated heterocycles. The number of amides is 1. The van der Waals surface area contributed by atoms with E-state index >= 15 is 0 Å². The van der Waals surface area contributed by atoms with Crippen LogP contribution in [0.5, 0.6) is 11.5 Å². The van der Waals surface area contributed by atoms with Crippen LogP contribution in [0.25, 0.3) is 10.1 Å². The van der Waals surface area contributed by atoms with Crippen molar-refractivity contribution in [3.05, 3.63) is 39.7 Å². The summed E-state index contributed by atoms with van der Waals surface area (Å²) in [6.07, 6.45) is 0.393. The molecule has 0 saturated carbocycles. The number of carboxylic acids is 1. The van der Waals surface area contributed by atoms with Crippen LogP contribution in [0.3, 0.4) is 0 Å². The zero-order valence-electron chi connectivity index (χ0n) is 14.3. The van der Waals surface area contributed by atoms with Crippen LogP contribution in [-0.2, 0) is 9.59 Å². The Morgan fingerprint density at radius 2 is 2.04 bits per heavy atom. The van der Waals surface area contributed by atoms with Crippen LogP contribution >= 0.6 is 34.9 Å². The summed E-state index contributed by atoms with van der Waals surface area (Å²) in [6.45, 7) is 0.145. The molecule has 0 bridgehead atoms. The maximum atomic E-state index is 12.5. The third-order valence-electron chi connectivity index (χ3n) is 4.72. The lowest BCUT2D eigenvalue weighted by atomic mass is 10.1. The molecule has 1 aromatic heterocycles. The van der Waals surface area contributed by atoms with E-state index < -0.39 is 5.97 Å². The molecule has 1 aromatic carbocycles. The predicted molar refractivity (Wildman–Crippen MR) is 107 cm³/mol. The topological polar surface area (TPSA) is 93.1 Å². The highest BCUT2D eigenvalue weighted by molar-refractivity contribution is 8.02. The average molecular weight is 436 g/mol. The second kappa shape index (κ2) is 6.71. The number of carbonyl (C=O) groups is 2. The molecule has 1 atom stereocenters. The zero-order valence-corrected chi connectivity index (χ0v) is 16.7. The molecule has 1 amide bonds. The molecule has 4 heterocycles. The molecule has 10 heteroatoms. The highest BCUT2D eigenvalue weighted by atomic mass is 32.2. The molecule has 5 rings (SSSR count). The number of β-lactam (4-membered cyclic amide) rings is 1. The van der Waals surface area contributed by atoms with Gasteiger partial charge >= 0.3 is 5.97 Å². The molecule has 7 nitrogen and oxygen atoms in total. The maximum Gasteiger partial charge on any atom is 0.352 e. The van der Waals surface area contributed by atoms with Crippen LogP contribution < -0.4 is 14.9 Å². The van der Waals surface area contributed by atoms with Crippen LogP contribution in [0.15, 0.2) is 38.5 Å². The highest BCUT2D eigenvalue weighted by Gasteiger charge is 2.45. The van der Waals surface area contributed by atoms with Gasteiger partial charge in [0.1, 0.15) is 5.70 Å². The van der Waals surface area contributed by atoms with E-state index in [0.717, 1.165) is 8.91 Å². The van der Waals surface area contributed by atoms with Gasteiger partial charge in [0, 0.05) is 33.7 Å². The first-order valence-corrected chi connectivity index (χ1v) is 11.3. The minimum absolute atomic E-state index is 0.0617. The molecule has 3 aliphatic heterocycles. The van der Waals surface area contributed by atoms with E-state index in [-0.39, 0.29) is 29.2 Å². The molecule has 0 radical (unpaired) electrons. The van der Waals surface area contributed by atoms with E-state index in [9.17, 15) is 19.5 Å². The Morgan fingerprint density at radius 3 is 2.79 bits per heavy atom. The van der Waals surface area contributed by atoms with Gasteiger partial charge in [0.15, 0.2) is 16.9 Å². The smallest absolute Gasteiger partial charge is 0.352 e. The van der Waals surface area contributed by atoms with Gasteiger partial charge in [-0.2, -0.15) is 0 Å². The first kappa shape index (κ1) is 17.9. The molecule has 0 spiro atoms. The van der Waals surface area contributed by atoms with Gasteiger partial charge in [0.25, 0.3) is 0 Å². The first-order chi connectivity index (χ1) is 13.5. The number of hydrogen-bond donors (Lipinski definition) is 1. The fourth-order valence-electron chi connectivity index (χ4n) is 3.34. The van der Waals surface area contributed by atoms with E-state index in [0.29, 0.717) is 40.4 Å². The molecule has 1 fully saturated rings. The normalized spacial score (nSPS) is 20.4. The van der Waals surface area contributed by atoms with E-state index in [1.165, 1.54) is 28.0 Å². The number of carboxylic acid groups (broad SMARTS) is 1. The third kappa shape index (κ3) is 2.87. The number of aliphatic carboxylic acids is 1. The van der Waals surface area contributed by atoms with Gasteiger partial charge in [-0.05, 0) is 11.6 Å². The van der Waals surface area contributed by atoms with Crippen LogP contribution in [-0.4, -0.2) is 45.6 Å². The second-order valence-electron chi connectivity index (χ2n) is 6.41. The predicted octanol–water partition coefficient (Wildman–Crippen LogP) is 2.73. The first-order valence-electron chi connectivity index (χ1n) is 8.40. The van der Waals surface area contributed by atoms with E-state index in [1.807, 2.05) is 0 Å². The van der Waals surface area contributed by atoms with Crippen molar-refractivity contribution in [1.29, 1.82) is 0 Å². The van der Waals surface area contributed by atoms with Crippen molar-refractivity contribution < 1.29 is 24.2 Å². The number of benzene rings is 1. The Labute approximate surface area is 171 Å². The summed E-state index contributed by atoms with van der Waals surface area (Å²) in [6, 6.07) is 5.06. The van der Waals surface area contributed by atoms with Crippen molar-refractivity contribution in [1.82, 2.24) is 4.90 Å². The SMILES string of the molecule is O=C(O)C1=C(CSc2cc(=O)c3cc4c(cc3s2)OCO4)CS[C@H]2CC(=O)N12. The lowest BCUT2D eigenvalue weighted by Crippen LogP contribution is -2.54. The summed E-state index contributed by atoms with van der Waals surface area (Å²) in [5, 5.41) is 10.1. The minimum atomic E-state index is -1.08. The molecule has 144 valence electrons. The monoisotopic (exact) mass is 435 g/mol. The summed E-state index contributed by atoms with van der Waals surface area (Å²) >= 11 is 4.45. The van der Waals surface area contributed by atoms with Crippen molar-refractivity contribution in [3.8, 4) is 11.5 Å².